The van der Waals surface area contributed by atoms with E-state index in [1.165, 1.54) is 13.8 Å². The fourth-order valence-electron chi connectivity index (χ4n) is 1.72. The van der Waals surface area contributed by atoms with Crippen LogP contribution in [0.25, 0.3) is 0 Å². The van der Waals surface area contributed by atoms with Crippen molar-refractivity contribution in [3.63, 3.8) is 0 Å². The number of ketones is 1. The molecule has 1 aliphatic heterocycles. The van der Waals surface area contributed by atoms with Gasteiger partial charge in [-0.25, -0.2) is 8.42 Å². The Balaban J connectivity index is 2.72. The first-order chi connectivity index (χ1) is 6.86. The Labute approximate surface area is 89.0 Å². The minimum Gasteiger partial charge on any atom is -0.292 e. The van der Waals surface area contributed by atoms with Gasteiger partial charge in [-0.1, -0.05) is 24.3 Å². The summed E-state index contributed by atoms with van der Waals surface area (Å²) in [7, 11) is -3.37. The first kappa shape index (κ1) is 10.4. The fraction of sp³-hybridized carbons (Fsp3) is 0.364. The molecule has 80 valence electrons. The van der Waals surface area contributed by atoms with Gasteiger partial charge in [-0.05, 0) is 19.4 Å². The molecule has 0 aliphatic carbocycles. The number of carbonyl (C=O) groups excluding carboxylic acids is 1. The average Bonchev–Trinajstić information content (AvgIpc) is 2.15. The number of fused-ring (bicyclic) bond motifs is 1. The van der Waals surface area contributed by atoms with Gasteiger partial charge in [0.2, 0.25) is 0 Å². The molecule has 0 saturated carbocycles. The van der Waals surface area contributed by atoms with Crippen LogP contribution < -0.4 is 0 Å². The topological polar surface area (TPSA) is 51.2 Å². The van der Waals surface area contributed by atoms with E-state index in [-0.39, 0.29) is 11.5 Å². The molecule has 0 atom stereocenters. The third-order valence-corrected chi connectivity index (χ3v) is 5.36. The predicted octanol–water partition coefficient (Wildman–Crippen LogP) is 1.58. The van der Waals surface area contributed by atoms with Crippen molar-refractivity contribution in [1.29, 1.82) is 0 Å². The fourth-order valence-corrected chi connectivity index (χ4v) is 3.13. The molecule has 0 amide bonds. The average molecular weight is 224 g/mol. The zero-order valence-corrected chi connectivity index (χ0v) is 9.47. The largest absolute Gasteiger partial charge is 0.292 e. The van der Waals surface area contributed by atoms with Crippen LogP contribution in [0.4, 0.5) is 0 Å². The van der Waals surface area contributed by atoms with Gasteiger partial charge in [0.25, 0.3) is 0 Å². The quantitative estimate of drug-likeness (QED) is 0.672. The lowest BCUT2D eigenvalue weighted by atomic mass is 9.96. The lowest BCUT2D eigenvalue weighted by Gasteiger charge is -2.29. The number of carbonyl (C=O) groups is 1. The lowest BCUT2D eigenvalue weighted by molar-refractivity contribution is 0.0950. The van der Waals surface area contributed by atoms with Crippen LogP contribution >= 0.6 is 0 Å². The van der Waals surface area contributed by atoms with E-state index in [1.807, 2.05) is 0 Å². The molecule has 0 radical (unpaired) electrons. The van der Waals surface area contributed by atoms with E-state index in [0.717, 1.165) is 0 Å². The molecule has 0 N–H and O–H groups in total. The molecule has 1 aromatic carbocycles. The van der Waals surface area contributed by atoms with Crippen LogP contribution in [0.2, 0.25) is 0 Å². The minimum absolute atomic E-state index is 0.0398. The Kier molecular flexibility index (Phi) is 2.01. The summed E-state index contributed by atoms with van der Waals surface area (Å²) in [5, 5.41) is 0. The van der Waals surface area contributed by atoms with E-state index in [1.54, 1.807) is 24.3 Å². The Morgan fingerprint density at radius 1 is 1.20 bits per heavy atom. The second kappa shape index (κ2) is 2.92. The third-order valence-electron chi connectivity index (χ3n) is 2.93. The Morgan fingerprint density at radius 3 is 2.47 bits per heavy atom. The van der Waals surface area contributed by atoms with Crippen LogP contribution in [-0.2, 0) is 15.6 Å². The highest BCUT2D eigenvalue weighted by Gasteiger charge is 2.46. The molecule has 0 saturated heterocycles. The molecule has 1 aliphatic rings. The second-order valence-corrected chi connectivity index (χ2v) is 6.79. The van der Waals surface area contributed by atoms with E-state index in [4.69, 9.17) is 0 Å². The maximum absolute atomic E-state index is 12.0. The van der Waals surface area contributed by atoms with E-state index in [9.17, 15) is 13.2 Å². The number of sulfone groups is 1. The minimum atomic E-state index is -3.37. The SMILES string of the molecule is CC1(C)C(=O)c2ccccc2CS1(=O)=O. The van der Waals surface area contributed by atoms with Crippen molar-refractivity contribution in [2.45, 2.75) is 24.3 Å². The van der Waals surface area contributed by atoms with Crippen molar-refractivity contribution in [3.8, 4) is 0 Å². The highest BCUT2D eigenvalue weighted by atomic mass is 32.2. The van der Waals surface area contributed by atoms with Gasteiger partial charge in [0, 0.05) is 5.56 Å². The molecule has 1 aromatic rings. The second-order valence-electron chi connectivity index (χ2n) is 4.26. The van der Waals surface area contributed by atoms with E-state index >= 15 is 0 Å². The van der Waals surface area contributed by atoms with Crippen molar-refractivity contribution in [3.05, 3.63) is 35.4 Å². The van der Waals surface area contributed by atoms with E-state index in [2.05, 4.69) is 0 Å². The predicted molar refractivity (Wildman–Crippen MR) is 57.5 cm³/mol. The van der Waals surface area contributed by atoms with Gasteiger partial charge < -0.3 is 0 Å². The van der Waals surface area contributed by atoms with Crippen molar-refractivity contribution in [2.75, 3.05) is 0 Å². The Bertz CT molecular complexity index is 527. The summed E-state index contributed by atoms with van der Waals surface area (Å²) >= 11 is 0. The maximum atomic E-state index is 12.0. The van der Waals surface area contributed by atoms with Crippen molar-refractivity contribution < 1.29 is 13.2 Å². The number of hydrogen-bond acceptors (Lipinski definition) is 3. The first-order valence-corrected chi connectivity index (χ1v) is 6.36. The van der Waals surface area contributed by atoms with Crippen LogP contribution in [0, 0.1) is 0 Å². The van der Waals surface area contributed by atoms with Crippen LogP contribution in [0.3, 0.4) is 0 Å². The van der Waals surface area contributed by atoms with Gasteiger partial charge in [-0.2, -0.15) is 0 Å². The molecule has 0 bridgehead atoms. The summed E-state index contributed by atoms with van der Waals surface area (Å²) in [6.07, 6.45) is 0. The molecule has 0 spiro atoms. The van der Waals surface area contributed by atoms with Gasteiger partial charge >= 0.3 is 0 Å². The Morgan fingerprint density at radius 2 is 1.80 bits per heavy atom. The first-order valence-electron chi connectivity index (χ1n) is 4.71. The van der Waals surface area contributed by atoms with Gasteiger partial charge in [0.1, 0.15) is 4.75 Å². The smallest absolute Gasteiger partial charge is 0.183 e. The van der Waals surface area contributed by atoms with Crippen LogP contribution in [0.1, 0.15) is 29.8 Å². The molecule has 0 aromatic heterocycles. The Hall–Kier alpha value is -1.16. The zero-order valence-electron chi connectivity index (χ0n) is 8.65. The summed E-state index contributed by atoms with van der Waals surface area (Å²) in [5.41, 5.74) is 1.15. The van der Waals surface area contributed by atoms with Crippen LogP contribution in [-0.4, -0.2) is 18.9 Å². The molecule has 4 heteroatoms. The monoisotopic (exact) mass is 224 g/mol. The standard InChI is InChI=1S/C11H12O3S/c1-11(2)10(12)9-6-4-3-5-8(9)7-15(11,13)14/h3-6H,7H2,1-2H3. The van der Waals surface area contributed by atoms with Crippen LogP contribution in [0.15, 0.2) is 24.3 Å². The highest BCUT2D eigenvalue weighted by molar-refractivity contribution is 7.93. The van der Waals surface area contributed by atoms with Gasteiger partial charge in [-0.3, -0.25) is 4.79 Å². The molecular weight excluding hydrogens is 212 g/mol. The normalized spacial score (nSPS) is 22.1. The molecule has 0 unspecified atom stereocenters. The lowest BCUT2D eigenvalue weighted by Crippen LogP contribution is -2.45. The third kappa shape index (κ3) is 1.32. The molecule has 2 rings (SSSR count). The number of benzene rings is 1. The molecule has 3 nitrogen and oxygen atoms in total. The van der Waals surface area contributed by atoms with Crippen molar-refractivity contribution in [2.24, 2.45) is 0 Å². The van der Waals surface area contributed by atoms with Crippen molar-refractivity contribution in [1.82, 2.24) is 0 Å². The zero-order chi connectivity index (χ0) is 11.3. The maximum Gasteiger partial charge on any atom is 0.183 e. The van der Waals surface area contributed by atoms with Crippen molar-refractivity contribution >= 4 is 15.6 Å². The van der Waals surface area contributed by atoms with Gasteiger partial charge in [0.15, 0.2) is 15.6 Å². The number of hydrogen-bond donors (Lipinski definition) is 0. The summed E-state index contributed by atoms with van der Waals surface area (Å²) in [4.78, 5) is 12.0. The molecule has 15 heavy (non-hydrogen) atoms. The van der Waals surface area contributed by atoms with E-state index < -0.39 is 14.6 Å². The van der Waals surface area contributed by atoms with Crippen LogP contribution in [0.5, 0.6) is 0 Å². The summed E-state index contributed by atoms with van der Waals surface area (Å²) in [5.74, 6) is -0.341. The summed E-state index contributed by atoms with van der Waals surface area (Å²) in [6, 6.07) is 6.89. The molecule has 0 fully saturated rings. The number of Topliss-reactive ketones (excluding diaryl/α,β-unsaturated/α-hetero) is 1. The summed E-state index contributed by atoms with van der Waals surface area (Å²) in [6.45, 7) is 2.95. The van der Waals surface area contributed by atoms with Gasteiger partial charge in [-0.15, -0.1) is 0 Å². The van der Waals surface area contributed by atoms with Gasteiger partial charge in [0.05, 0.1) is 5.75 Å². The molecule has 1 heterocycles. The number of rotatable bonds is 0. The van der Waals surface area contributed by atoms with E-state index in [0.29, 0.717) is 11.1 Å². The highest BCUT2D eigenvalue weighted by Crippen LogP contribution is 2.32. The molecular formula is C11H12O3S. The summed E-state index contributed by atoms with van der Waals surface area (Å²) < 4.78 is 22.4.